The third kappa shape index (κ3) is 5.23. The Morgan fingerprint density at radius 1 is 0.436 bits per heavy atom. The maximum Gasteiger partial charge on any atom is 0.0517 e. The van der Waals surface area contributed by atoms with Gasteiger partial charge in [-0.05, 0) is 119 Å². The highest BCUT2D eigenvalue weighted by atomic mass is 15.1. The van der Waals surface area contributed by atoms with Crippen molar-refractivity contribution in [2.75, 3.05) is 4.90 Å². The molecule has 0 amide bonds. The maximum absolute atomic E-state index is 2.52. The lowest BCUT2D eigenvalue weighted by molar-refractivity contribution is 0.423. The minimum atomic E-state index is -0.182. The van der Waals surface area contributed by atoms with Crippen molar-refractivity contribution in [3.8, 4) is 33.4 Å². The van der Waals surface area contributed by atoms with E-state index in [0.29, 0.717) is 0 Å². The highest BCUT2D eigenvalue weighted by Gasteiger charge is 2.38. The number of rotatable bonds is 5. The lowest BCUT2D eigenvalue weighted by Crippen LogP contribution is -2.21. The van der Waals surface area contributed by atoms with Crippen LogP contribution in [0.4, 0.5) is 17.1 Å². The number of anilines is 3. The Morgan fingerprint density at radius 2 is 1.02 bits per heavy atom. The van der Waals surface area contributed by atoms with Gasteiger partial charge in [-0.15, -0.1) is 0 Å². The summed E-state index contributed by atoms with van der Waals surface area (Å²) in [7, 11) is 0. The fourth-order valence-electron chi connectivity index (χ4n) is 9.32. The van der Waals surface area contributed by atoms with E-state index in [1.54, 1.807) is 0 Å². The Bertz CT molecular complexity index is 2920. The highest BCUT2D eigenvalue weighted by Crippen LogP contribution is 2.55. The minimum Gasteiger partial charge on any atom is -0.335 e. The third-order valence-corrected chi connectivity index (χ3v) is 11.8. The fraction of sp³-hybridized carbons (Fsp3) is 0.132. The molecule has 10 rings (SSSR count). The van der Waals surface area contributed by atoms with Crippen molar-refractivity contribution in [1.82, 2.24) is 4.57 Å². The van der Waals surface area contributed by atoms with Crippen LogP contribution in [0.15, 0.2) is 176 Å². The van der Waals surface area contributed by atoms with Gasteiger partial charge in [-0.1, -0.05) is 147 Å². The second-order valence-electron chi connectivity index (χ2n) is 16.6. The van der Waals surface area contributed by atoms with Crippen molar-refractivity contribution in [1.29, 1.82) is 0 Å². The lowest BCUT2D eigenvalue weighted by Gasteiger charge is -2.30. The molecule has 0 bridgehead atoms. The summed E-state index contributed by atoms with van der Waals surface area (Å²) < 4.78 is 2.52. The smallest absolute Gasteiger partial charge is 0.0517 e. The molecule has 0 aliphatic heterocycles. The van der Waals surface area contributed by atoms with E-state index in [4.69, 9.17) is 0 Å². The van der Waals surface area contributed by atoms with Crippen molar-refractivity contribution in [3.63, 3.8) is 0 Å². The number of fused-ring (bicyclic) bond motifs is 7. The van der Waals surface area contributed by atoms with Crippen LogP contribution in [0.1, 0.15) is 45.7 Å². The number of aromatic nitrogens is 1. The summed E-state index contributed by atoms with van der Waals surface area (Å²) in [6.07, 6.45) is 0. The Balaban J connectivity index is 1.32. The summed E-state index contributed by atoms with van der Waals surface area (Å²) in [4.78, 5) is 2.51. The normalized spacial score (nSPS) is 13.3. The summed E-state index contributed by atoms with van der Waals surface area (Å²) >= 11 is 0. The van der Waals surface area contributed by atoms with E-state index in [-0.39, 0.29) is 11.0 Å². The molecule has 9 aromatic rings. The summed E-state index contributed by atoms with van der Waals surface area (Å²) in [5.74, 6) is 0. The molecule has 0 atom stereocenters. The highest BCUT2D eigenvalue weighted by molar-refractivity contribution is 6.10. The quantitative estimate of drug-likeness (QED) is 0.173. The zero-order chi connectivity index (χ0) is 37.5. The molecule has 0 unspecified atom stereocenters. The Labute approximate surface area is 323 Å². The number of hydrogen-bond acceptors (Lipinski definition) is 1. The summed E-state index contributed by atoms with van der Waals surface area (Å²) in [6.45, 7) is 11.7. The van der Waals surface area contributed by atoms with E-state index in [1.165, 1.54) is 77.1 Å². The molecule has 1 aliphatic rings. The van der Waals surface area contributed by atoms with Crippen LogP contribution in [0.25, 0.3) is 66.0 Å². The van der Waals surface area contributed by atoms with Gasteiger partial charge in [-0.2, -0.15) is 0 Å². The van der Waals surface area contributed by atoms with E-state index in [1.807, 2.05) is 0 Å². The van der Waals surface area contributed by atoms with E-state index in [2.05, 4.69) is 220 Å². The van der Waals surface area contributed by atoms with E-state index in [0.717, 1.165) is 17.1 Å². The average Bonchev–Trinajstić information content (AvgIpc) is 3.67. The standard InChI is InChI=1S/C53H44N2/c1-52(2,3)55-49-27-17-15-24-42(49)43-29-28-38(34-50(43)55)54(39-30-37-22-12-13-23-41(37)45(31-39)35-18-8-6-9-19-35)40-32-46(36-20-10-7-11-21-36)51-44-25-14-16-26-47(44)53(4,5)48(51)33-40/h6-34H,1-5H3. The van der Waals surface area contributed by atoms with E-state index >= 15 is 0 Å². The van der Waals surface area contributed by atoms with Crippen molar-refractivity contribution < 1.29 is 0 Å². The predicted octanol–water partition coefficient (Wildman–Crippen LogP) is 14.8. The molecule has 2 heteroatoms. The van der Waals surface area contributed by atoms with Gasteiger partial charge < -0.3 is 9.47 Å². The Morgan fingerprint density at radius 3 is 1.76 bits per heavy atom. The molecule has 8 aromatic carbocycles. The van der Waals surface area contributed by atoms with Gasteiger partial charge in [0.2, 0.25) is 0 Å². The number of benzene rings is 8. The zero-order valence-corrected chi connectivity index (χ0v) is 32.1. The van der Waals surface area contributed by atoms with Gasteiger partial charge in [-0.25, -0.2) is 0 Å². The largest absolute Gasteiger partial charge is 0.335 e. The van der Waals surface area contributed by atoms with E-state index in [9.17, 15) is 0 Å². The zero-order valence-electron chi connectivity index (χ0n) is 32.1. The van der Waals surface area contributed by atoms with Gasteiger partial charge in [-0.3, -0.25) is 0 Å². The van der Waals surface area contributed by atoms with Crippen LogP contribution in [0.2, 0.25) is 0 Å². The molecule has 1 aromatic heterocycles. The number of nitrogens with zero attached hydrogens (tertiary/aromatic N) is 2. The summed E-state index contributed by atoms with van der Waals surface area (Å²) in [6, 6.07) is 65.2. The van der Waals surface area contributed by atoms with Crippen LogP contribution >= 0.6 is 0 Å². The molecule has 266 valence electrons. The fourth-order valence-corrected chi connectivity index (χ4v) is 9.32. The maximum atomic E-state index is 2.52. The van der Waals surface area contributed by atoms with Crippen LogP contribution in [0.3, 0.4) is 0 Å². The molecular weight excluding hydrogens is 665 g/mol. The second kappa shape index (κ2) is 12.3. The number of para-hydroxylation sites is 1. The first kappa shape index (κ1) is 33.2. The van der Waals surface area contributed by atoms with Crippen LogP contribution in [0, 0.1) is 0 Å². The molecule has 0 fully saturated rings. The van der Waals surface area contributed by atoms with Crippen LogP contribution in [-0.2, 0) is 11.0 Å². The van der Waals surface area contributed by atoms with Gasteiger partial charge >= 0.3 is 0 Å². The van der Waals surface area contributed by atoms with Gasteiger partial charge in [0, 0.05) is 44.3 Å². The minimum absolute atomic E-state index is 0.127. The molecule has 55 heavy (non-hydrogen) atoms. The number of hydrogen-bond donors (Lipinski definition) is 0. The predicted molar refractivity (Wildman–Crippen MR) is 235 cm³/mol. The monoisotopic (exact) mass is 708 g/mol. The van der Waals surface area contributed by atoms with Crippen molar-refractivity contribution in [2.45, 2.75) is 45.6 Å². The molecule has 2 nitrogen and oxygen atoms in total. The molecule has 0 saturated heterocycles. The van der Waals surface area contributed by atoms with Crippen LogP contribution < -0.4 is 4.90 Å². The Hall–Kier alpha value is -6.38. The van der Waals surface area contributed by atoms with Crippen molar-refractivity contribution in [3.05, 3.63) is 187 Å². The average molecular weight is 709 g/mol. The van der Waals surface area contributed by atoms with Crippen molar-refractivity contribution in [2.24, 2.45) is 0 Å². The molecule has 0 saturated carbocycles. The Kier molecular flexibility index (Phi) is 7.44. The summed E-state index contributed by atoms with van der Waals surface area (Å²) in [5.41, 5.74) is 15.9. The molecule has 0 N–H and O–H groups in total. The molecule has 1 aliphatic carbocycles. The second-order valence-corrected chi connectivity index (χ2v) is 16.6. The molecule has 1 heterocycles. The lowest BCUT2D eigenvalue weighted by atomic mass is 9.81. The topological polar surface area (TPSA) is 8.17 Å². The van der Waals surface area contributed by atoms with Crippen molar-refractivity contribution >= 4 is 49.6 Å². The molecule has 0 radical (unpaired) electrons. The molecular formula is C53H44N2. The first-order chi connectivity index (χ1) is 26.7. The van der Waals surface area contributed by atoms with Gasteiger partial charge in [0.1, 0.15) is 0 Å². The molecule has 0 spiro atoms. The first-order valence-electron chi connectivity index (χ1n) is 19.4. The third-order valence-electron chi connectivity index (χ3n) is 11.8. The van der Waals surface area contributed by atoms with Crippen LogP contribution in [-0.4, -0.2) is 4.57 Å². The SMILES string of the molecule is CC1(C)c2ccccc2-c2c(-c3ccccc3)cc(N(c3cc(-c4ccccc4)c4ccccc4c3)c3ccc4c5ccccc5n(C(C)(C)C)c4c3)cc21. The van der Waals surface area contributed by atoms with Crippen LogP contribution in [0.5, 0.6) is 0 Å². The van der Waals surface area contributed by atoms with E-state index < -0.39 is 0 Å². The summed E-state index contributed by atoms with van der Waals surface area (Å²) in [5, 5.41) is 5.02. The van der Waals surface area contributed by atoms with Gasteiger partial charge in [0.05, 0.1) is 5.52 Å². The first-order valence-corrected chi connectivity index (χ1v) is 19.4. The van der Waals surface area contributed by atoms with Gasteiger partial charge in [0.15, 0.2) is 0 Å². The van der Waals surface area contributed by atoms with Gasteiger partial charge in [0.25, 0.3) is 0 Å².